The molecule has 1 aliphatic heterocycles. The van der Waals surface area contributed by atoms with E-state index in [-0.39, 0.29) is 5.56 Å². The van der Waals surface area contributed by atoms with Crippen LogP contribution >= 0.6 is 11.3 Å². The molecule has 36 heavy (non-hydrogen) atoms. The van der Waals surface area contributed by atoms with E-state index in [0.717, 1.165) is 52.7 Å². The molecule has 1 N–H and O–H groups in total. The number of hydrogen-bond acceptors (Lipinski definition) is 6. The summed E-state index contributed by atoms with van der Waals surface area (Å²) in [7, 11) is 0. The second-order valence-electron chi connectivity index (χ2n) is 9.77. The topological polar surface area (TPSA) is 80.0 Å². The fourth-order valence-electron chi connectivity index (χ4n) is 5.28. The standard InChI is InChI=1S/C28H30N4O3S/c33-27(34)21-8-6-19(7-9-21)25-18-32-28(29-25)36-26(30-32)20-10-12-22(13-11-20)31-16-14-24(15-17-31)35-23-4-2-1-3-5-23/h6-13,18,23-24H,1-5,14-17H2,(H,33,34). The maximum Gasteiger partial charge on any atom is 0.335 e. The first-order valence-electron chi connectivity index (χ1n) is 12.8. The Hall–Kier alpha value is -3.23. The van der Waals surface area contributed by atoms with Crippen molar-refractivity contribution < 1.29 is 14.6 Å². The van der Waals surface area contributed by atoms with Crippen molar-refractivity contribution in [1.82, 2.24) is 14.6 Å². The van der Waals surface area contributed by atoms with Gasteiger partial charge >= 0.3 is 5.97 Å². The van der Waals surface area contributed by atoms with Gasteiger partial charge in [0.1, 0.15) is 5.01 Å². The molecule has 8 heteroatoms. The van der Waals surface area contributed by atoms with Crippen LogP contribution in [0.25, 0.3) is 26.8 Å². The van der Waals surface area contributed by atoms with Crippen LogP contribution in [0.1, 0.15) is 55.3 Å². The number of benzene rings is 2. The monoisotopic (exact) mass is 502 g/mol. The lowest BCUT2D eigenvalue weighted by atomic mass is 9.97. The van der Waals surface area contributed by atoms with Crippen LogP contribution in [0.5, 0.6) is 0 Å². The number of aromatic nitrogens is 3. The van der Waals surface area contributed by atoms with Gasteiger partial charge in [-0.1, -0.05) is 42.7 Å². The zero-order valence-corrected chi connectivity index (χ0v) is 21.0. The number of anilines is 1. The van der Waals surface area contributed by atoms with E-state index in [0.29, 0.717) is 12.2 Å². The summed E-state index contributed by atoms with van der Waals surface area (Å²) < 4.78 is 8.20. The lowest BCUT2D eigenvalue weighted by molar-refractivity contribution is -0.0395. The van der Waals surface area contributed by atoms with Crippen molar-refractivity contribution in [3.05, 3.63) is 60.3 Å². The normalized spacial score (nSPS) is 17.6. The molecule has 0 unspecified atom stereocenters. The first-order chi connectivity index (χ1) is 17.6. The van der Waals surface area contributed by atoms with Gasteiger partial charge in [-0.05, 0) is 62.1 Å². The minimum absolute atomic E-state index is 0.265. The van der Waals surface area contributed by atoms with E-state index >= 15 is 0 Å². The molecule has 0 bridgehead atoms. The molecule has 3 heterocycles. The van der Waals surface area contributed by atoms with Gasteiger partial charge < -0.3 is 14.7 Å². The van der Waals surface area contributed by atoms with E-state index in [1.165, 1.54) is 37.8 Å². The summed E-state index contributed by atoms with van der Waals surface area (Å²) in [5.74, 6) is -0.933. The first-order valence-corrected chi connectivity index (χ1v) is 13.6. The van der Waals surface area contributed by atoms with Gasteiger partial charge in [-0.15, -0.1) is 0 Å². The molecule has 0 radical (unpaired) electrons. The van der Waals surface area contributed by atoms with Crippen LogP contribution in [0.15, 0.2) is 54.7 Å². The molecule has 6 rings (SSSR count). The van der Waals surface area contributed by atoms with E-state index in [2.05, 4.69) is 29.2 Å². The van der Waals surface area contributed by atoms with Crippen molar-refractivity contribution in [3.8, 4) is 21.8 Å². The molecular weight excluding hydrogens is 472 g/mol. The molecule has 2 aromatic heterocycles. The van der Waals surface area contributed by atoms with Gasteiger partial charge in [-0.25, -0.2) is 14.3 Å². The van der Waals surface area contributed by atoms with E-state index < -0.39 is 5.97 Å². The molecular formula is C28H30N4O3S. The Morgan fingerprint density at radius 3 is 2.22 bits per heavy atom. The van der Waals surface area contributed by atoms with Crippen LogP contribution in [0.2, 0.25) is 0 Å². The molecule has 2 fully saturated rings. The van der Waals surface area contributed by atoms with Gasteiger partial charge in [0.05, 0.1) is 29.7 Å². The summed E-state index contributed by atoms with van der Waals surface area (Å²) in [5, 5.41) is 14.7. The van der Waals surface area contributed by atoms with Crippen LogP contribution in [0, 0.1) is 0 Å². The molecule has 7 nitrogen and oxygen atoms in total. The number of carboxylic acid groups (broad SMARTS) is 1. The number of carboxylic acids is 1. The summed E-state index contributed by atoms with van der Waals surface area (Å²) >= 11 is 1.55. The minimum Gasteiger partial charge on any atom is -0.478 e. The van der Waals surface area contributed by atoms with Crippen LogP contribution in [0.4, 0.5) is 5.69 Å². The Morgan fingerprint density at radius 2 is 1.56 bits per heavy atom. The van der Waals surface area contributed by atoms with E-state index in [9.17, 15) is 4.79 Å². The van der Waals surface area contributed by atoms with Gasteiger partial charge in [0.15, 0.2) is 0 Å². The number of carbonyl (C=O) groups is 1. The number of aromatic carboxylic acids is 1. The molecule has 2 aliphatic rings. The number of hydrogen-bond donors (Lipinski definition) is 1. The van der Waals surface area contributed by atoms with Gasteiger partial charge in [0.25, 0.3) is 0 Å². The van der Waals surface area contributed by atoms with Crippen molar-refractivity contribution in [2.75, 3.05) is 18.0 Å². The van der Waals surface area contributed by atoms with Gasteiger partial charge in [0, 0.05) is 29.9 Å². The van der Waals surface area contributed by atoms with Crippen LogP contribution < -0.4 is 4.90 Å². The zero-order chi connectivity index (χ0) is 24.5. The third-order valence-corrected chi connectivity index (χ3v) is 8.30. The van der Waals surface area contributed by atoms with Crippen LogP contribution in [-0.2, 0) is 4.74 Å². The summed E-state index contributed by atoms with van der Waals surface area (Å²) in [4.78, 5) is 19.0. The minimum atomic E-state index is -0.933. The fraction of sp³-hybridized carbons (Fsp3) is 0.393. The average molecular weight is 503 g/mol. The molecule has 1 saturated heterocycles. The Kier molecular flexibility index (Phi) is 6.46. The Bertz CT molecular complexity index is 1300. The van der Waals surface area contributed by atoms with Crippen LogP contribution in [-0.4, -0.2) is 51.0 Å². The van der Waals surface area contributed by atoms with Crippen molar-refractivity contribution in [2.24, 2.45) is 0 Å². The highest BCUT2D eigenvalue weighted by atomic mass is 32.1. The number of ether oxygens (including phenoxy) is 1. The summed E-state index contributed by atoms with van der Waals surface area (Å²) in [5.41, 5.74) is 4.25. The molecule has 0 amide bonds. The Labute approximate surface area is 214 Å². The fourth-order valence-corrected chi connectivity index (χ4v) is 6.16. The molecule has 0 spiro atoms. The SMILES string of the molecule is O=C(O)c1ccc(-c2cn3nc(-c4ccc(N5CCC(OC6CCCCC6)CC5)cc4)sc3n2)cc1. The van der Waals surface area contributed by atoms with Crippen molar-refractivity contribution >= 4 is 28.0 Å². The average Bonchev–Trinajstić information content (AvgIpc) is 3.50. The van der Waals surface area contributed by atoms with Gasteiger partial charge in [-0.3, -0.25) is 0 Å². The van der Waals surface area contributed by atoms with E-state index in [1.54, 1.807) is 40.1 Å². The first kappa shape index (κ1) is 23.2. The van der Waals surface area contributed by atoms with Gasteiger partial charge in [0.2, 0.25) is 4.96 Å². The highest BCUT2D eigenvalue weighted by Gasteiger charge is 2.24. The summed E-state index contributed by atoms with van der Waals surface area (Å²) in [6.45, 7) is 2.08. The number of fused-ring (bicyclic) bond motifs is 1. The molecule has 0 atom stereocenters. The highest BCUT2D eigenvalue weighted by molar-refractivity contribution is 7.19. The van der Waals surface area contributed by atoms with Crippen molar-refractivity contribution in [1.29, 1.82) is 0 Å². The summed E-state index contributed by atoms with van der Waals surface area (Å²) in [6, 6.07) is 15.4. The van der Waals surface area contributed by atoms with E-state index in [1.807, 2.05) is 6.20 Å². The Balaban J connectivity index is 1.09. The number of rotatable bonds is 6. The third kappa shape index (κ3) is 4.88. The Morgan fingerprint density at radius 1 is 0.889 bits per heavy atom. The predicted molar refractivity (Wildman–Crippen MR) is 142 cm³/mol. The maximum atomic E-state index is 11.1. The second-order valence-corrected chi connectivity index (χ2v) is 10.7. The quantitative estimate of drug-likeness (QED) is 0.341. The molecule has 1 saturated carbocycles. The number of imidazole rings is 1. The predicted octanol–water partition coefficient (Wildman–Crippen LogP) is 6.14. The molecule has 4 aromatic rings. The molecule has 2 aromatic carbocycles. The van der Waals surface area contributed by atoms with E-state index in [4.69, 9.17) is 19.9 Å². The van der Waals surface area contributed by atoms with Crippen LogP contribution in [0.3, 0.4) is 0 Å². The van der Waals surface area contributed by atoms with Gasteiger partial charge in [-0.2, -0.15) is 5.10 Å². The van der Waals surface area contributed by atoms with Crippen molar-refractivity contribution in [2.45, 2.75) is 57.2 Å². The maximum absolute atomic E-state index is 11.1. The molecule has 1 aliphatic carbocycles. The second kappa shape index (κ2) is 10.0. The largest absolute Gasteiger partial charge is 0.478 e. The lowest BCUT2D eigenvalue weighted by Gasteiger charge is -2.36. The summed E-state index contributed by atoms with van der Waals surface area (Å²) in [6.07, 6.45) is 11.5. The highest BCUT2D eigenvalue weighted by Crippen LogP contribution is 2.31. The van der Waals surface area contributed by atoms with Crippen molar-refractivity contribution in [3.63, 3.8) is 0 Å². The number of piperidine rings is 1. The molecule has 186 valence electrons. The number of nitrogens with zero attached hydrogens (tertiary/aromatic N) is 4. The zero-order valence-electron chi connectivity index (χ0n) is 20.2. The lowest BCUT2D eigenvalue weighted by Crippen LogP contribution is -2.38. The third-order valence-electron chi connectivity index (χ3n) is 7.33. The smallest absolute Gasteiger partial charge is 0.335 e.